The van der Waals surface area contributed by atoms with Crippen molar-refractivity contribution in [2.45, 2.75) is 32.2 Å². The predicted octanol–water partition coefficient (Wildman–Crippen LogP) is 3.27. The first-order valence-electron chi connectivity index (χ1n) is 6.01. The molecule has 0 fully saturated rings. The number of aromatic nitrogens is 1. The van der Waals surface area contributed by atoms with Crippen molar-refractivity contribution in [3.05, 3.63) is 30.1 Å². The van der Waals surface area contributed by atoms with E-state index in [4.69, 9.17) is 0 Å². The molecule has 0 aromatic carbocycles. The Morgan fingerprint density at radius 2 is 2.31 bits per heavy atom. The highest BCUT2D eigenvalue weighted by molar-refractivity contribution is 7.98. The minimum Gasteiger partial charge on any atom is -0.309 e. The van der Waals surface area contributed by atoms with Gasteiger partial charge in [-0.3, -0.25) is 4.98 Å². The summed E-state index contributed by atoms with van der Waals surface area (Å²) in [6, 6.07) is 6.57. The van der Waals surface area contributed by atoms with Crippen LogP contribution in [0.1, 0.15) is 37.9 Å². The molecule has 0 saturated carbocycles. The van der Waals surface area contributed by atoms with E-state index in [0.717, 1.165) is 13.0 Å². The van der Waals surface area contributed by atoms with Gasteiger partial charge in [0, 0.05) is 12.2 Å². The van der Waals surface area contributed by atoms with Crippen LogP contribution in [-0.2, 0) is 0 Å². The fourth-order valence-corrected chi connectivity index (χ4v) is 2.15. The Balaban J connectivity index is 2.41. The molecular formula is C13H22N2S. The standard InChI is InChI=1S/C13H22N2S/c1-3-7-12(15-10-6-11-16-2)13-8-4-5-9-14-13/h4-5,8-9,12,15H,3,6-7,10-11H2,1-2H3. The highest BCUT2D eigenvalue weighted by Crippen LogP contribution is 2.15. The van der Waals surface area contributed by atoms with Gasteiger partial charge in [0.2, 0.25) is 0 Å². The average molecular weight is 238 g/mol. The van der Waals surface area contributed by atoms with Crippen molar-refractivity contribution in [3.8, 4) is 0 Å². The van der Waals surface area contributed by atoms with Crippen LogP contribution in [-0.4, -0.2) is 23.5 Å². The van der Waals surface area contributed by atoms with Crippen LogP contribution in [0.15, 0.2) is 24.4 Å². The number of rotatable bonds is 8. The van der Waals surface area contributed by atoms with Crippen molar-refractivity contribution in [3.63, 3.8) is 0 Å². The van der Waals surface area contributed by atoms with E-state index >= 15 is 0 Å². The maximum Gasteiger partial charge on any atom is 0.0573 e. The molecule has 1 atom stereocenters. The predicted molar refractivity (Wildman–Crippen MR) is 72.9 cm³/mol. The zero-order chi connectivity index (χ0) is 11.6. The van der Waals surface area contributed by atoms with Crippen LogP contribution in [0, 0.1) is 0 Å². The number of nitrogens with zero attached hydrogens (tertiary/aromatic N) is 1. The molecule has 1 rings (SSSR count). The van der Waals surface area contributed by atoms with Gasteiger partial charge in [0.25, 0.3) is 0 Å². The summed E-state index contributed by atoms with van der Waals surface area (Å²) in [4.78, 5) is 4.43. The van der Waals surface area contributed by atoms with Gasteiger partial charge >= 0.3 is 0 Å². The number of hydrogen-bond donors (Lipinski definition) is 1. The van der Waals surface area contributed by atoms with Gasteiger partial charge in [0.15, 0.2) is 0 Å². The van der Waals surface area contributed by atoms with Crippen molar-refractivity contribution < 1.29 is 0 Å². The molecule has 0 amide bonds. The van der Waals surface area contributed by atoms with Gasteiger partial charge < -0.3 is 5.32 Å². The second-order valence-electron chi connectivity index (χ2n) is 3.90. The highest BCUT2D eigenvalue weighted by atomic mass is 32.2. The molecule has 1 heterocycles. The number of pyridine rings is 1. The van der Waals surface area contributed by atoms with E-state index in [-0.39, 0.29) is 0 Å². The Hall–Kier alpha value is -0.540. The molecular weight excluding hydrogens is 216 g/mol. The van der Waals surface area contributed by atoms with E-state index in [9.17, 15) is 0 Å². The first-order chi connectivity index (χ1) is 7.88. The molecule has 2 nitrogen and oxygen atoms in total. The third kappa shape index (κ3) is 4.99. The highest BCUT2D eigenvalue weighted by Gasteiger charge is 2.09. The third-order valence-electron chi connectivity index (χ3n) is 2.54. The van der Waals surface area contributed by atoms with Crippen LogP contribution in [0.2, 0.25) is 0 Å². The maximum atomic E-state index is 4.43. The van der Waals surface area contributed by atoms with Gasteiger partial charge in [-0.1, -0.05) is 19.4 Å². The van der Waals surface area contributed by atoms with E-state index < -0.39 is 0 Å². The lowest BCUT2D eigenvalue weighted by Crippen LogP contribution is -2.23. The Kier molecular flexibility index (Phi) is 7.26. The van der Waals surface area contributed by atoms with E-state index in [1.54, 1.807) is 0 Å². The van der Waals surface area contributed by atoms with Crippen LogP contribution >= 0.6 is 11.8 Å². The zero-order valence-electron chi connectivity index (χ0n) is 10.3. The molecule has 1 N–H and O–H groups in total. The van der Waals surface area contributed by atoms with E-state index in [1.807, 2.05) is 24.0 Å². The number of hydrogen-bond acceptors (Lipinski definition) is 3. The van der Waals surface area contributed by atoms with Crippen molar-refractivity contribution >= 4 is 11.8 Å². The van der Waals surface area contributed by atoms with Gasteiger partial charge in [0.1, 0.15) is 0 Å². The summed E-state index contributed by atoms with van der Waals surface area (Å²) in [6.07, 6.45) is 7.62. The molecule has 0 saturated heterocycles. The average Bonchev–Trinajstić information content (AvgIpc) is 2.34. The van der Waals surface area contributed by atoms with Crippen LogP contribution < -0.4 is 5.32 Å². The third-order valence-corrected chi connectivity index (χ3v) is 3.24. The van der Waals surface area contributed by atoms with Crippen molar-refractivity contribution in [2.75, 3.05) is 18.6 Å². The molecule has 3 heteroatoms. The van der Waals surface area contributed by atoms with Crippen molar-refractivity contribution in [1.29, 1.82) is 0 Å². The summed E-state index contributed by atoms with van der Waals surface area (Å²) in [5.74, 6) is 1.23. The van der Waals surface area contributed by atoms with Crippen LogP contribution in [0.25, 0.3) is 0 Å². The molecule has 1 aromatic rings. The summed E-state index contributed by atoms with van der Waals surface area (Å²) < 4.78 is 0. The Morgan fingerprint density at radius 3 is 2.94 bits per heavy atom. The lowest BCUT2D eigenvalue weighted by molar-refractivity contribution is 0.485. The zero-order valence-corrected chi connectivity index (χ0v) is 11.1. The molecule has 0 radical (unpaired) electrons. The number of nitrogens with one attached hydrogen (secondary N) is 1. The molecule has 90 valence electrons. The molecule has 0 aliphatic rings. The normalized spacial score (nSPS) is 12.6. The second kappa shape index (κ2) is 8.59. The number of thioether (sulfide) groups is 1. The van der Waals surface area contributed by atoms with Crippen LogP contribution in [0.5, 0.6) is 0 Å². The molecule has 1 unspecified atom stereocenters. The maximum absolute atomic E-state index is 4.43. The van der Waals surface area contributed by atoms with Gasteiger partial charge in [-0.25, -0.2) is 0 Å². The largest absolute Gasteiger partial charge is 0.309 e. The monoisotopic (exact) mass is 238 g/mol. The summed E-state index contributed by atoms with van der Waals surface area (Å²) >= 11 is 1.91. The fourth-order valence-electron chi connectivity index (χ4n) is 1.72. The second-order valence-corrected chi connectivity index (χ2v) is 4.88. The first-order valence-corrected chi connectivity index (χ1v) is 7.41. The molecule has 0 aliphatic carbocycles. The first kappa shape index (κ1) is 13.5. The molecule has 16 heavy (non-hydrogen) atoms. The molecule has 0 spiro atoms. The van der Waals surface area contributed by atoms with Gasteiger partial charge in [-0.05, 0) is 43.5 Å². The molecule has 0 aliphatic heterocycles. The van der Waals surface area contributed by atoms with Gasteiger partial charge in [-0.2, -0.15) is 11.8 Å². The Bertz CT molecular complexity index is 264. The fraction of sp³-hybridized carbons (Fsp3) is 0.615. The van der Waals surface area contributed by atoms with E-state index in [1.165, 1.54) is 24.3 Å². The minimum atomic E-state index is 0.424. The summed E-state index contributed by atoms with van der Waals surface area (Å²) in [5.41, 5.74) is 1.17. The van der Waals surface area contributed by atoms with Gasteiger partial charge in [-0.15, -0.1) is 0 Å². The molecule has 1 aromatic heterocycles. The van der Waals surface area contributed by atoms with E-state index in [0.29, 0.717) is 6.04 Å². The summed E-state index contributed by atoms with van der Waals surface area (Å²) in [7, 11) is 0. The minimum absolute atomic E-state index is 0.424. The smallest absolute Gasteiger partial charge is 0.0573 e. The summed E-state index contributed by atoms with van der Waals surface area (Å²) in [6.45, 7) is 3.31. The molecule has 0 bridgehead atoms. The van der Waals surface area contributed by atoms with Gasteiger partial charge in [0.05, 0.1) is 5.69 Å². The topological polar surface area (TPSA) is 24.9 Å². The Morgan fingerprint density at radius 1 is 1.44 bits per heavy atom. The SMILES string of the molecule is CCCC(NCCCSC)c1ccccn1. The van der Waals surface area contributed by atoms with E-state index in [2.05, 4.69) is 35.6 Å². The van der Waals surface area contributed by atoms with Crippen molar-refractivity contribution in [2.24, 2.45) is 0 Å². The Labute approximate surface area is 103 Å². The van der Waals surface area contributed by atoms with Crippen molar-refractivity contribution in [1.82, 2.24) is 10.3 Å². The van der Waals surface area contributed by atoms with Crippen LogP contribution in [0.3, 0.4) is 0 Å². The lowest BCUT2D eigenvalue weighted by atomic mass is 10.1. The van der Waals surface area contributed by atoms with Crippen LogP contribution in [0.4, 0.5) is 0 Å². The quantitative estimate of drug-likeness (QED) is 0.704. The summed E-state index contributed by atoms with van der Waals surface area (Å²) in [5, 5.41) is 3.60. The lowest BCUT2D eigenvalue weighted by Gasteiger charge is -2.17.